The topological polar surface area (TPSA) is 107 Å². The Morgan fingerprint density at radius 2 is 2.07 bits per heavy atom. The van der Waals surface area contributed by atoms with E-state index in [9.17, 15) is 13.2 Å². The fraction of sp³-hybridized carbons (Fsp3) is 0.800. The molecule has 0 spiro atoms. The SMILES string of the molecule is O=C(O)N1CCNCC1S(=O)(=O)O.[Na]. The number of amides is 1. The third kappa shape index (κ3) is 3.37. The molecule has 3 N–H and O–H groups in total. The molecule has 1 radical (unpaired) electrons. The second-order valence-electron chi connectivity index (χ2n) is 2.65. The van der Waals surface area contributed by atoms with Gasteiger partial charge in [0, 0.05) is 49.2 Å². The number of carbonyl (C=O) groups is 1. The zero-order valence-electron chi connectivity index (χ0n) is 7.67. The molecule has 1 rings (SSSR count). The second-order valence-corrected chi connectivity index (χ2v) is 4.22. The van der Waals surface area contributed by atoms with Crippen LogP contribution < -0.4 is 5.32 Å². The number of hydrogen-bond donors (Lipinski definition) is 3. The van der Waals surface area contributed by atoms with Crippen LogP contribution in [0.3, 0.4) is 0 Å². The third-order valence-corrected chi connectivity index (χ3v) is 2.89. The number of rotatable bonds is 1. The number of piperazine rings is 1. The molecule has 0 aliphatic carbocycles. The summed E-state index contributed by atoms with van der Waals surface area (Å²) in [6.45, 7) is 0.364. The van der Waals surface area contributed by atoms with Crippen molar-refractivity contribution in [3.8, 4) is 0 Å². The molecule has 77 valence electrons. The van der Waals surface area contributed by atoms with Gasteiger partial charge in [0.2, 0.25) is 0 Å². The molecule has 14 heavy (non-hydrogen) atoms. The molecule has 1 aliphatic rings. The van der Waals surface area contributed by atoms with Gasteiger partial charge in [0.25, 0.3) is 10.1 Å². The summed E-state index contributed by atoms with van der Waals surface area (Å²) in [5.41, 5.74) is 0. The van der Waals surface area contributed by atoms with Crippen LogP contribution in [0.5, 0.6) is 0 Å². The van der Waals surface area contributed by atoms with Gasteiger partial charge < -0.3 is 10.4 Å². The van der Waals surface area contributed by atoms with E-state index in [0.29, 0.717) is 11.4 Å². The van der Waals surface area contributed by atoms with Gasteiger partial charge in [-0.15, -0.1) is 0 Å². The standard InChI is InChI=1S/C5H10N2O5S.Na/c8-5(9)7-2-1-6-3-4(7)13(10,11)12;/h4,6H,1-3H2,(H,8,9)(H,10,11,12);. The average molecular weight is 233 g/mol. The van der Waals surface area contributed by atoms with Crippen LogP contribution in [-0.2, 0) is 10.1 Å². The number of nitrogens with one attached hydrogen (secondary N) is 1. The first-order valence-corrected chi connectivity index (χ1v) is 5.10. The van der Waals surface area contributed by atoms with E-state index >= 15 is 0 Å². The molecule has 1 fully saturated rings. The Morgan fingerprint density at radius 3 is 2.43 bits per heavy atom. The van der Waals surface area contributed by atoms with E-state index in [1.165, 1.54) is 0 Å². The van der Waals surface area contributed by atoms with Crippen molar-refractivity contribution < 1.29 is 22.9 Å². The minimum Gasteiger partial charge on any atom is -0.465 e. The molecule has 0 bridgehead atoms. The average Bonchev–Trinajstić information content (AvgIpc) is 2.03. The van der Waals surface area contributed by atoms with Crippen molar-refractivity contribution in [3.63, 3.8) is 0 Å². The summed E-state index contributed by atoms with van der Waals surface area (Å²) < 4.78 is 30.1. The van der Waals surface area contributed by atoms with Crippen molar-refractivity contribution in [1.29, 1.82) is 0 Å². The molecule has 0 aromatic carbocycles. The van der Waals surface area contributed by atoms with Gasteiger partial charge in [-0.3, -0.25) is 9.45 Å². The molecule has 9 heteroatoms. The quantitative estimate of drug-likeness (QED) is 0.372. The minimum atomic E-state index is -4.34. The Labute approximate surface area is 104 Å². The van der Waals surface area contributed by atoms with Gasteiger partial charge in [0.15, 0.2) is 5.37 Å². The van der Waals surface area contributed by atoms with Crippen LogP contribution in [0.4, 0.5) is 4.79 Å². The Morgan fingerprint density at radius 1 is 1.50 bits per heavy atom. The number of hydrogen-bond acceptors (Lipinski definition) is 4. The summed E-state index contributed by atoms with van der Waals surface area (Å²) in [6, 6.07) is 0. The van der Waals surface area contributed by atoms with E-state index in [1.807, 2.05) is 0 Å². The first-order valence-electron chi connectivity index (χ1n) is 3.59. The predicted octanol–water partition coefficient (Wildman–Crippen LogP) is -1.60. The van der Waals surface area contributed by atoms with Crippen LogP contribution in [0.2, 0.25) is 0 Å². The molecule has 7 nitrogen and oxygen atoms in total. The third-order valence-electron chi connectivity index (χ3n) is 1.79. The van der Waals surface area contributed by atoms with Gasteiger partial charge in [0.05, 0.1) is 0 Å². The largest absolute Gasteiger partial charge is 0.465 e. The molecular weight excluding hydrogens is 223 g/mol. The van der Waals surface area contributed by atoms with Crippen LogP contribution in [0, 0.1) is 0 Å². The zero-order chi connectivity index (χ0) is 10.1. The van der Waals surface area contributed by atoms with Crippen molar-refractivity contribution >= 4 is 45.8 Å². The van der Waals surface area contributed by atoms with Crippen LogP contribution in [0.1, 0.15) is 0 Å². The summed E-state index contributed by atoms with van der Waals surface area (Å²) in [6.07, 6.45) is -1.34. The van der Waals surface area contributed by atoms with E-state index in [2.05, 4.69) is 5.32 Å². The summed E-state index contributed by atoms with van der Waals surface area (Å²) >= 11 is 0. The van der Waals surface area contributed by atoms with Gasteiger partial charge >= 0.3 is 6.09 Å². The van der Waals surface area contributed by atoms with Gasteiger partial charge in [-0.25, -0.2) is 4.79 Å². The zero-order valence-corrected chi connectivity index (χ0v) is 10.5. The predicted molar refractivity (Wildman–Crippen MR) is 48.7 cm³/mol. The fourth-order valence-electron chi connectivity index (χ4n) is 1.16. The van der Waals surface area contributed by atoms with E-state index in [4.69, 9.17) is 9.66 Å². The molecular formula is C5H10N2NaO5S. The summed E-state index contributed by atoms with van der Waals surface area (Å²) in [5.74, 6) is 0. The minimum absolute atomic E-state index is 0. The Hall–Kier alpha value is 0.140. The van der Waals surface area contributed by atoms with E-state index in [-0.39, 0.29) is 42.6 Å². The maximum absolute atomic E-state index is 10.7. The normalized spacial score (nSPS) is 22.6. The Kier molecular flexibility index (Phi) is 5.34. The Bertz CT molecular complexity index is 305. The maximum Gasteiger partial charge on any atom is 0.408 e. The van der Waals surface area contributed by atoms with Crippen LogP contribution >= 0.6 is 0 Å². The summed E-state index contributed by atoms with van der Waals surface area (Å²) in [5, 5.41) is 9.89. The van der Waals surface area contributed by atoms with E-state index in [0.717, 1.165) is 0 Å². The Balaban J connectivity index is 0.00000169. The number of nitrogens with zero attached hydrogens (tertiary/aromatic N) is 1. The molecule has 0 saturated carbocycles. The molecule has 0 aromatic rings. The molecule has 1 heterocycles. The summed E-state index contributed by atoms with van der Waals surface area (Å²) in [4.78, 5) is 11.2. The van der Waals surface area contributed by atoms with Gasteiger partial charge in [-0.05, 0) is 0 Å². The van der Waals surface area contributed by atoms with E-state index in [1.54, 1.807) is 0 Å². The number of carboxylic acid groups (broad SMARTS) is 1. The molecule has 1 aliphatic heterocycles. The van der Waals surface area contributed by atoms with Crippen LogP contribution in [0.25, 0.3) is 0 Å². The van der Waals surface area contributed by atoms with Gasteiger partial charge in [-0.1, -0.05) is 0 Å². The first-order chi connectivity index (χ1) is 5.93. The van der Waals surface area contributed by atoms with Crippen molar-refractivity contribution in [2.45, 2.75) is 5.37 Å². The second kappa shape index (κ2) is 5.29. The molecule has 1 amide bonds. The van der Waals surface area contributed by atoms with Crippen molar-refractivity contribution in [2.75, 3.05) is 19.6 Å². The van der Waals surface area contributed by atoms with Gasteiger partial charge in [0.1, 0.15) is 0 Å². The van der Waals surface area contributed by atoms with Crippen molar-refractivity contribution in [1.82, 2.24) is 10.2 Å². The monoisotopic (exact) mass is 233 g/mol. The maximum atomic E-state index is 10.7. The first kappa shape index (κ1) is 14.1. The fourth-order valence-corrected chi connectivity index (χ4v) is 2.01. The van der Waals surface area contributed by atoms with Crippen molar-refractivity contribution in [3.05, 3.63) is 0 Å². The molecule has 1 saturated heterocycles. The molecule has 1 atom stereocenters. The summed E-state index contributed by atoms with van der Waals surface area (Å²) in [7, 11) is -4.34. The smallest absolute Gasteiger partial charge is 0.408 e. The van der Waals surface area contributed by atoms with Gasteiger partial charge in [-0.2, -0.15) is 8.42 Å². The van der Waals surface area contributed by atoms with Crippen LogP contribution in [-0.4, -0.2) is 83.6 Å². The molecule has 0 aromatic heterocycles. The van der Waals surface area contributed by atoms with Crippen LogP contribution in [0.15, 0.2) is 0 Å². The van der Waals surface area contributed by atoms with E-state index < -0.39 is 21.6 Å². The van der Waals surface area contributed by atoms with Crippen molar-refractivity contribution in [2.24, 2.45) is 0 Å². The molecule has 1 unspecified atom stereocenters.